The van der Waals surface area contributed by atoms with Gasteiger partial charge in [0.1, 0.15) is 5.75 Å². The lowest BCUT2D eigenvalue weighted by Crippen LogP contribution is -2.17. The van der Waals surface area contributed by atoms with Gasteiger partial charge in [-0.15, -0.1) is 12.3 Å². The van der Waals surface area contributed by atoms with E-state index >= 15 is 0 Å². The monoisotopic (exact) mass is 262 g/mol. The average molecular weight is 262 g/mol. The molecule has 0 bridgehead atoms. The van der Waals surface area contributed by atoms with Crippen molar-refractivity contribution >= 4 is 11.4 Å². The Bertz CT molecular complexity index is 480. The molecule has 0 aliphatic rings. The lowest BCUT2D eigenvalue weighted by atomic mass is 10.1. The highest BCUT2D eigenvalue weighted by Gasteiger charge is 2.12. The van der Waals surface area contributed by atoms with Crippen molar-refractivity contribution < 1.29 is 9.66 Å². The molecule has 0 heterocycles. The highest BCUT2D eigenvalue weighted by molar-refractivity contribution is 5.56. The van der Waals surface area contributed by atoms with Gasteiger partial charge in [0.15, 0.2) is 0 Å². The molecule has 1 unspecified atom stereocenters. The molecule has 19 heavy (non-hydrogen) atoms. The Labute approximate surface area is 113 Å². The van der Waals surface area contributed by atoms with Crippen molar-refractivity contribution in [2.24, 2.45) is 0 Å². The van der Waals surface area contributed by atoms with Gasteiger partial charge in [-0.3, -0.25) is 10.1 Å². The van der Waals surface area contributed by atoms with Crippen molar-refractivity contribution in [1.29, 1.82) is 0 Å². The minimum absolute atomic E-state index is 0.00371. The first kappa shape index (κ1) is 14.8. The number of anilines is 1. The van der Waals surface area contributed by atoms with Crippen molar-refractivity contribution in [3.05, 3.63) is 28.3 Å². The van der Waals surface area contributed by atoms with E-state index in [-0.39, 0.29) is 11.7 Å². The minimum Gasteiger partial charge on any atom is -0.494 e. The third-order valence-electron chi connectivity index (χ3n) is 2.64. The van der Waals surface area contributed by atoms with E-state index in [9.17, 15) is 10.1 Å². The number of ether oxygens (including phenoxy) is 1. The Morgan fingerprint density at radius 1 is 1.47 bits per heavy atom. The summed E-state index contributed by atoms with van der Waals surface area (Å²) in [6.45, 7) is 4.30. The summed E-state index contributed by atoms with van der Waals surface area (Å²) in [7, 11) is 0. The van der Waals surface area contributed by atoms with Crippen molar-refractivity contribution in [1.82, 2.24) is 0 Å². The number of terminal acetylenes is 1. The Hall–Kier alpha value is -2.22. The van der Waals surface area contributed by atoms with E-state index in [1.807, 2.05) is 13.8 Å². The average Bonchev–Trinajstić information content (AvgIpc) is 2.38. The first-order valence-corrected chi connectivity index (χ1v) is 6.23. The molecule has 1 rings (SSSR count). The van der Waals surface area contributed by atoms with Crippen molar-refractivity contribution in [3.63, 3.8) is 0 Å². The number of nitro benzene ring substituents is 1. The van der Waals surface area contributed by atoms with E-state index in [1.54, 1.807) is 6.07 Å². The second-order valence-electron chi connectivity index (χ2n) is 4.06. The van der Waals surface area contributed by atoms with Crippen molar-refractivity contribution in [3.8, 4) is 18.1 Å². The van der Waals surface area contributed by atoms with Gasteiger partial charge >= 0.3 is 0 Å². The standard InChI is InChI=1S/C14H18N2O3/c1-4-7-11(5-2)15-12-8-13(16(17)18)10-14(9-12)19-6-3/h1,8-11,15H,5-7H2,2-3H3. The number of rotatable bonds is 7. The number of non-ortho nitro benzene ring substituents is 1. The Morgan fingerprint density at radius 2 is 2.21 bits per heavy atom. The van der Waals surface area contributed by atoms with Crippen LogP contribution in [0.1, 0.15) is 26.7 Å². The van der Waals surface area contributed by atoms with Crippen LogP contribution in [-0.4, -0.2) is 17.6 Å². The summed E-state index contributed by atoms with van der Waals surface area (Å²) in [5, 5.41) is 14.1. The van der Waals surface area contributed by atoms with Gasteiger partial charge in [0, 0.05) is 30.3 Å². The fraction of sp³-hybridized carbons (Fsp3) is 0.429. The third kappa shape index (κ3) is 4.51. The fourth-order valence-corrected chi connectivity index (χ4v) is 1.70. The minimum atomic E-state index is -0.435. The van der Waals surface area contributed by atoms with Crippen LogP contribution in [-0.2, 0) is 0 Å². The van der Waals surface area contributed by atoms with Crippen LogP contribution in [0.15, 0.2) is 18.2 Å². The predicted molar refractivity (Wildman–Crippen MR) is 75.4 cm³/mol. The van der Waals surface area contributed by atoms with Crippen LogP contribution in [0.5, 0.6) is 5.75 Å². The van der Waals surface area contributed by atoms with Crippen LogP contribution >= 0.6 is 0 Å². The molecule has 0 aliphatic carbocycles. The Kier molecular flexibility index (Phi) is 5.68. The number of hydrogen-bond donors (Lipinski definition) is 1. The van der Waals surface area contributed by atoms with Crippen LogP contribution in [0.25, 0.3) is 0 Å². The molecule has 1 atom stereocenters. The summed E-state index contributed by atoms with van der Waals surface area (Å²) in [4.78, 5) is 10.4. The third-order valence-corrected chi connectivity index (χ3v) is 2.64. The summed E-state index contributed by atoms with van der Waals surface area (Å²) in [5.74, 6) is 3.07. The van der Waals surface area contributed by atoms with Crippen LogP contribution in [0, 0.1) is 22.5 Å². The van der Waals surface area contributed by atoms with Gasteiger partial charge < -0.3 is 10.1 Å². The lowest BCUT2D eigenvalue weighted by Gasteiger charge is -2.16. The van der Waals surface area contributed by atoms with Gasteiger partial charge in [0.2, 0.25) is 0 Å². The highest BCUT2D eigenvalue weighted by atomic mass is 16.6. The van der Waals surface area contributed by atoms with Crippen LogP contribution in [0.3, 0.4) is 0 Å². The van der Waals surface area contributed by atoms with Crippen LogP contribution in [0.2, 0.25) is 0 Å². The maximum Gasteiger partial charge on any atom is 0.275 e. The molecule has 102 valence electrons. The summed E-state index contributed by atoms with van der Waals surface area (Å²) in [5.41, 5.74) is 0.656. The molecule has 0 spiro atoms. The summed E-state index contributed by atoms with van der Waals surface area (Å²) < 4.78 is 5.33. The number of nitrogens with zero attached hydrogens (tertiary/aromatic N) is 1. The lowest BCUT2D eigenvalue weighted by molar-refractivity contribution is -0.384. The summed E-state index contributed by atoms with van der Waals surface area (Å²) in [6, 6.07) is 4.75. The molecule has 0 aliphatic heterocycles. The molecule has 0 saturated heterocycles. The van der Waals surface area contributed by atoms with Gasteiger partial charge in [0.25, 0.3) is 5.69 Å². The number of nitrogens with one attached hydrogen (secondary N) is 1. The van der Waals surface area contributed by atoms with Gasteiger partial charge in [-0.05, 0) is 13.3 Å². The zero-order chi connectivity index (χ0) is 14.3. The van der Waals surface area contributed by atoms with E-state index in [0.717, 1.165) is 6.42 Å². The summed E-state index contributed by atoms with van der Waals surface area (Å²) in [6.07, 6.45) is 6.71. The molecule has 0 aromatic heterocycles. The summed E-state index contributed by atoms with van der Waals surface area (Å²) >= 11 is 0. The molecule has 5 heteroatoms. The predicted octanol–water partition coefficient (Wildman–Crippen LogP) is 3.21. The quantitative estimate of drug-likeness (QED) is 0.465. The Morgan fingerprint density at radius 3 is 2.74 bits per heavy atom. The number of hydrogen-bond acceptors (Lipinski definition) is 4. The maximum absolute atomic E-state index is 10.9. The molecule has 5 nitrogen and oxygen atoms in total. The fourth-order valence-electron chi connectivity index (χ4n) is 1.70. The van der Waals surface area contributed by atoms with E-state index in [0.29, 0.717) is 24.5 Å². The zero-order valence-corrected chi connectivity index (χ0v) is 11.2. The largest absolute Gasteiger partial charge is 0.494 e. The van der Waals surface area contributed by atoms with E-state index < -0.39 is 4.92 Å². The number of benzene rings is 1. The van der Waals surface area contributed by atoms with Crippen molar-refractivity contribution in [2.45, 2.75) is 32.7 Å². The number of nitro groups is 1. The molecular formula is C14H18N2O3. The molecule has 0 fully saturated rings. The molecular weight excluding hydrogens is 244 g/mol. The first-order chi connectivity index (χ1) is 9.10. The topological polar surface area (TPSA) is 64.4 Å². The maximum atomic E-state index is 10.9. The van der Waals surface area contributed by atoms with Gasteiger partial charge in [-0.2, -0.15) is 0 Å². The SMILES string of the molecule is C#CCC(CC)Nc1cc(OCC)cc([N+](=O)[O-])c1. The molecule has 0 saturated carbocycles. The molecule has 0 amide bonds. The van der Waals surface area contributed by atoms with E-state index in [4.69, 9.17) is 11.2 Å². The molecule has 1 N–H and O–H groups in total. The van der Waals surface area contributed by atoms with E-state index in [2.05, 4.69) is 11.2 Å². The van der Waals surface area contributed by atoms with Gasteiger partial charge in [-0.25, -0.2) is 0 Å². The van der Waals surface area contributed by atoms with Crippen molar-refractivity contribution in [2.75, 3.05) is 11.9 Å². The first-order valence-electron chi connectivity index (χ1n) is 6.23. The van der Waals surface area contributed by atoms with Crippen LogP contribution < -0.4 is 10.1 Å². The second kappa shape index (κ2) is 7.27. The molecule has 0 radical (unpaired) electrons. The molecule has 1 aromatic rings. The Balaban J connectivity index is 2.98. The highest BCUT2D eigenvalue weighted by Crippen LogP contribution is 2.27. The smallest absolute Gasteiger partial charge is 0.275 e. The van der Waals surface area contributed by atoms with Gasteiger partial charge in [-0.1, -0.05) is 6.92 Å². The van der Waals surface area contributed by atoms with Crippen LogP contribution in [0.4, 0.5) is 11.4 Å². The molecule has 1 aromatic carbocycles. The van der Waals surface area contributed by atoms with Gasteiger partial charge in [0.05, 0.1) is 17.6 Å². The normalized spacial score (nSPS) is 11.4. The second-order valence-corrected chi connectivity index (χ2v) is 4.06. The zero-order valence-electron chi connectivity index (χ0n) is 11.2. The van der Waals surface area contributed by atoms with E-state index in [1.165, 1.54) is 12.1 Å².